The van der Waals surface area contributed by atoms with Crippen molar-refractivity contribution in [3.05, 3.63) is 35.9 Å². The van der Waals surface area contributed by atoms with Crippen LogP contribution >= 0.6 is 0 Å². The molecule has 0 spiro atoms. The topological polar surface area (TPSA) is 100 Å². The molecule has 1 rings (SSSR count). The van der Waals surface area contributed by atoms with E-state index in [0.717, 1.165) is 5.56 Å². The predicted octanol–water partition coefficient (Wildman–Crippen LogP) is 3.08. The highest BCUT2D eigenvalue weighted by Gasteiger charge is 2.30. The third-order valence-electron chi connectivity index (χ3n) is 3.84. The van der Waals surface area contributed by atoms with Crippen LogP contribution in [-0.2, 0) is 35.1 Å². The monoisotopic (exact) mass is 445 g/mol. The van der Waals surface area contributed by atoms with Crippen LogP contribution in [0, 0.1) is 5.92 Å². The summed E-state index contributed by atoms with van der Waals surface area (Å²) in [6, 6.07) is 7.49. The minimum Gasteiger partial charge on any atom is -0.461 e. The van der Waals surface area contributed by atoms with E-state index in [1.54, 1.807) is 45.0 Å². The second-order valence-corrected chi connectivity index (χ2v) is 7.71. The first-order chi connectivity index (χ1) is 14.5. The molecule has 0 fully saturated rings. The van der Waals surface area contributed by atoms with Crippen molar-refractivity contribution in [2.45, 2.75) is 52.1 Å². The van der Waals surface area contributed by atoms with Gasteiger partial charge >= 0.3 is 18.7 Å². The van der Waals surface area contributed by atoms with Gasteiger partial charge in [0.2, 0.25) is 0 Å². The number of halogens is 2. The number of hydrogen-bond acceptors (Lipinski definition) is 7. The number of ether oxygens (including phenoxy) is 4. The standard InChI is InChI=1S/C21H29F2NO7/c1-21(2,3)31-20(27)24-16(13-30-19(22)23)17(25)10-15(12-28-4)18(26)29-11-14-8-6-5-7-9-14/h5-9,15-16,19H,10-13H2,1-4H3,(H,24,27)/t15-,16-/m0/s1. The molecule has 0 aliphatic rings. The average molecular weight is 445 g/mol. The van der Waals surface area contributed by atoms with Gasteiger partial charge in [-0.3, -0.25) is 9.59 Å². The van der Waals surface area contributed by atoms with Crippen LogP contribution in [-0.4, -0.2) is 56.4 Å². The van der Waals surface area contributed by atoms with Crippen LogP contribution in [0.4, 0.5) is 13.6 Å². The molecule has 0 heterocycles. The second-order valence-electron chi connectivity index (χ2n) is 7.71. The van der Waals surface area contributed by atoms with Gasteiger partial charge in [-0.2, -0.15) is 8.78 Å². The van der Waals surface area contributed by atoms with Crippen LogP contribution in [0.15, 0.2) is 30.3 Å². The Bertz CT molecular complexity index is 707. The number of hydrogen-bond donors (Lipinski definition) is 1. The number of methoxy groups -OCH3 is 1. The Morgan fingerprint density at radius 2 is 1.71 bits per heavy atom. The molecule has 0 saturated carbocycles. The second kappa shape index (κ2) is 13.0. The van der Waals surface area contributed by atoms with Crippen molar-refractivity contribution in [2.75, 3.05) is 20.3 Å². The highest BCUT2D eigenvalue weighted by Crippen LogP contribution is 2.13. The lowest BCUT2D eigenvalue weighted by atomic mass is 9.99. The van der Waals surface area contributed by atoms with Crippen molar-refractivity contribution in [1.29, 1.82) is 0 Å². The molecular formula is C21H29F2NO7. The first kappa shape index (κ1) is 26.4. The molecule has 1 N–H and O–H groups in total. The van der Waals surface area contributed by atoms with E-state index in [1.165, 1.54) is 7.11 Å². The fraction of sp³-hybridized carbons (Fsp3) is 0.571. The van der Waals surface area contributed by atoms with Crippen molar-refractivity contribution in [1.82, 2.24) is 5.32 Å². The first-order valence-electron chi connectivity index (χ1n) is 9.63. The fourth-order valence-corrected chi connectivity index (χ4v) is 2.48. The maximum atomic E-state index is 12.7. The van der Waals surface area contributed by atoms with Gasteiger partial charge in [-0.15, -0.1) is 0 Å². The quantitative estimate of drug-likeness (QED) is 0.494. The Labute approximate surface area is 180 Å². The highest BCUT2D eigenvalue weighted by molar-refractivity contribution is 5.90. The number of Topliss-reactive ketones (excluding diaryl/α,β-unsaturated/α-hetero) is 1. The number of carbonyl (C=O) groups excluding carboxylic acids is 3. The van der Waals surface area contributed by atoms with Gasteiger partial charge < -0.3 is 24.3 Å². The summed E-state index contributed by atoms with van der Waals surface area (Å²) < 4.78 is 44.4. The van der Waals surface area contributed by atoms with Crippen molar-refractivity contribution in [2.24, 2.45) is 5.92 Å². The third-order valence-corrected chi connectivity index (χ3v) is 3.84. The smallest absolute Gasteiger partial charge is 0.408 e. The number of amides is 1. The van der Waals surface area contributed by atoms with Gasteiger partial charge in [-0.05, 0) is 26.3 Å². The zero-order chi connectivity index (χ0) is 23.4. The van der Waals surface area contributed by atoms with Crippen molar-refractivity contribution in [3.63, 3.8) is 0 Å². The number of ketones is 1. The van der Waals surface area contributed by atoms with E-state index in [0.29, 0.717) is 0 Å². The average Bonchev–Trinajstić information content (AvgIpc) is 2.68. The van der Waals surface area contributed by atoms with Crippen molar-refractivity contribution >= 4 is 17.8 Å². The normalized spacial score (nSPS) is 13.4. The first-order valence-corrected chi connectivity index (χ1v) is 9.63. The van der Waals surface area contributed by atoms with E-state index in [9.17, 15) is 23.2 Å². The molecule has 0 saturated heterocycles. The molecule has 2 atom stereocenters. The summed E-state index contributed by atoms with van der Waals surface area (Å²) in [6.07, 6.45) is -1.38. The Kier molecular flexibility index (Phi) is 11.1. The maximum Gasteiger partial charge on any atom is 0.408 e. The zero-order valence-corrected chi connectivity index (χ0v) is 18.1. The van der Waals surface area contributed by atoms with Crippen LogP contribution in [0.2, 0.25) is 0 Å². The van der Waals surface area contributed by atoms with E-state index < -0.39 is 55.0 Å². The van der Waals surface area contributed by atoms with E-state index >= 15 is 0 Å². The molecule has 0 radical (unpaired) electrons. The number of alkyl halides is 2. The molecule has 0 aromatic heterocycles. The number of carbonyl (C=O) groups is 3. The molecule has 8 nitrogen and oxygen atoms in total. The maximum absolute atomic E-state index is 12.7. The minimum atomic E-state index is -3.14. The van der Waals surface area contributed by atoms with Gasteiger partial charge in [-0.25, -0.2) is 4.79 Å². The molecule has 0 aliphatic carbocycles. The fourth-order valence-electron chi connectivity index (χ4n) is 2.48. The van der Waals surface area contributed by atoms with Gasteiger partial charge in [0, 0.05) is 13.5 Å². The molecule has 1 aromatic carbocycles. The summed E-state index contributed by atoms with van der Waals surface area (Å²) in [4.78, 5) is 37.1. The number of nitrogens with one attached hydrogen (secondary N) is 1. The van der Waals surface area contributed by atoms with Crippen LogP contribution < -0.4 is 5.32 Å². The number of benzene rings is 1. The van der Waals surface area contributed by atoms with E-state index in [2.05, 4.69) is 10.1 Å². The van der Waals surface area contributed by atoms with Gasteiger partial charge in [0.25, 0.3) is 0 Å². The molecule has 31 heavy (non-hydrogen) atoms. The van der Waals surface area contributed by atoms with E-state index in [-0.39, 0.29) is 13.2 Å². The molecule has 174 valence electrons. The Morgan fingerprint density at radius 1 is 1.06 bits per heavy atom. The van der Waals surface area contributed by atoms with Crippen LogP contribution in [0.25, 0.3) is 0 Å². The largest absolute Gasteiger partial charge is 0.461 e. The molecular weight excluding hydrogens is 416 g/mol. The van der Waals surface area contributed by atoms with Crippen molar-refractivity contribution < 1.29 is 42.1 Å². The van der Waals surface area contributed by atoms with Crippen LogP contribution in [0.5, 0.6) is 0 Å². The van der Waals surface area contributed by atoms with Crippen LogP contribution in [0.3, 0.4) is 0 Å². The third kappa shape index (κ3) is 11.4. The Hall–Kier alpha value is -2.59. The van der Waals surface area contributed by atoms with Gasteiger partial charge in [0.1, 0.15) is 18.2 Å². The lowest BCUT2D eigenvalue weighted by molar-refractivity contribution is -0.155. The van der Waals surface area contributed by atoms with Gasteiger partial charge in [0.05, 0.1) is 19.1 Å². The number of esters is 1. The lowest BCUT2D eigenvalue weighted by Gasteiger charge is -2.24. The van der Waals surface area contributed by atoms with E-state index in [4.69, 9.17) is 14.2 Å². The molecule has 1 amide bonds. The SMILES string of the molecule is COC[C@H](CC(=O)[C@H](COC(F)F)NC(=O)OC(C)(C)C)C(=O)OCc1ccccc1. The van der Waals surface area contributed by atoms with Crippen molar-refractivity contribution in [3.8, 4) is 0 Å². The van der Waals surface area contributed by atoms with Gasteiger partial charge in [-0.1, -0.05) is 30.3 Å². The number of alkyl carbamates (subject to hydrolysis) is 1. The minimum absolute atomic E-state index is 0.00214. The van der Waals surface area contributed by atoms with Crippen LogP contribution in [0.1, 0.15) is 32.8 Å². The van der Waals surface area contributed by atoms with E-state index in [1.807, 2.05) is 6.07 Å². The molecule has 0 bridgehead atoms. The number of rotatable bonds is 12. The summed E-state index contributed by atoms with van der Waals surface area (Å²) in [5, 5.41) is 2.21. The molecule has 0 unspecified atom stereocenters. The Balaban J connectivity index is 2.78. The summed E-state index contributed by atoms with van der Waals surface area (Å²) in [6.45, 7) is 0.773. The predicted molar refractivity (Wildman–Crippen MR) is 106 cm³/mol. The molecule has 10 heteroatoms. The highest BCUT2D eigenvalue weighted by atomic mass is 19.3. The summed E-state index contributed by atoms with van der Waals surface area (Å²) in [5.41, 5.74) is -0.102. The molecule has 0 aliphatic heterocycles. The molecule has 1 aromatic rings. The Morgan fingerprint density at radius 3 is 2.26 bits per heavy atom. The summed E-state index contributed by atoms with van der Waals surface area (Å²) in [5.74, 6) is -2.38. The van der Waals surface area contributed by atoms with Gasteiger partial charge in [0.15, 0.2) is 5.78 Å². The summed E-state index contributed by atoms with van der Waals surface area (Å²) in [7, 11) is 1.35. The zero-order valence-electron chi connectivity index (χ0n) is 18.1. The summed E-state index contributed by atoms with van der Waals surface area (Å²) >= 11 is 0. The lowest BCUT2D eigenvalue weighted by Crippen LogP contribution is -2.47.